The molecule has 1 aromatic rings. The lowest BCUT2D eigenvalue weighted by Crippen LogP contribution is -2.51. The Morgan fingerprint density at radius 3 is 2.60 bits per heavy atom. The number of hydrogen-bond donors (Lipinski definition) is 2. The molecule has 1 unspecified atom stereocenters. The minimum atomic E-state index is -0.820. The number of imide groups is 1. The van der Waals surface area contributed by atoms with Gasteiger partial charge >= 0.3 is 6.09 Å². The van der Waals surface area contributed by atoms with Crippen LogP contribution in [0.1, 0.15) is 26.3 Å². The van der Waals surface area contributed by atoms with E-state index in [4.69, 9.17) is 4.74 Å². The third-order valence-corrected chi connectivity index (χ3v) is 5.11. The van der Waals surface area contributed by atoms with Crippen molar-refractivity contribution in [2.75, 3.05) is 19.7 Å². The summed E-state index contributed by atoms with van der Waals surface area (Å²) in [6.45, 7) is 5.33. The third kappa shape index (κ3) is 6.06. The van der Waals surface area contributed by atoms with E-state index in [1.165, 1.54) is 24.3 Å². The number of carbonyl (C=O) groups excluding carboxylic acids is 4. The van der Waals surface area contributed by atoms with Gasteiger partial charge < -0.3 is 15.4 Å². The molecule has 30 heavy (non-hydrogen) atoms. The van der Waals surface area contributed by atoms with Gasteiger partial charge in [-0.25, -0.2) is 9.18 Å². The first-order chi connectivity index (χ1) is 14.2. The van der Waals surface area contributed by atoms with Crippen LogP contribution in [0.25, 0.3) is 6.08 Å². The first kappa shape index (κ1) is 23.4. The predicted octanol–water partition coefficient (Wildman–Crippen LogP) is 2.75. The van der Waals surface area contributed by atoms with Crippen molar-refractivity contribution in [2.24, 2.45) is 5.92 Å². The monoisotopic (exact) mass is 437 g/mol. The number of thioether (sulfide) groups is 1. The lowest BCUT2D eigenvalue weighted by molar-refractivity contribution is -0.125. The highest BCUT2D eigenvalue weighted by atomic mass is 32.2. The first-order valence-corrected chi connectivity index (χ1v) is 10.3. The molecule has 2 rings (SSSR count). The van der Waals surface area contributed by atoms with Gasteiger partial charge in [-0.15, -0.1) is 0 Å². The van der Waals surface area contributed by atoms with Crippen molar-refractivity contribution in [3.63, 3.8) is 0 Å². The minimum absolute atomic E-state index is 0.0115. The number of alkyl carbamates (subject to hydrolysis) is 1. The number of rotatable bonds is 8. The van der Waals surface area contributed by atoms with Crippen LogP contribution in [0.15, 0.2) is 29.2 Å². The zero-order chi connectivity index (χ0) is 22.3. The van der Waals surface area contributed by atoms with E-state index < -0.39 is 35.0 Å². The summed E-state index contributed by atoms with van der Waals surface area (Å²) in [5.41, 5.74) is 0.209. The van der Waals surface area contributed by atoms with Crippen LogP contribution in [0, 0.1) is 11.7 Å². The van der Waals surface area contributed by atoms with Crippen molar-refractivity contribution in [1.82, 2.24) is 15.5 Å². The number of ether oxygens (including phenoxy) is 1. The van der Waals surface area contributed by atoms with Gasteiger partial charge in [0.05, 0.1) is 11.5 Å². The van der Waals surface area contributed by atoms with Gasteiger partial charge in [-0.2, -0.15) is 0 Å². The summed E-state index contributed by atoms with van der Waals surface area (Å²) in [7, 11) is 0. The van der Waals surface area contributed by atoms with E-state index in [9.17, 15) is 23.6 Å². The number of nitrogens with zero attached hydrogens (tertiary/aromatic N) is 1. The molecule has 0 aromatic heterocycles. The predicted molar refractivity (Wildman–Crippen MR) is 111 cm³/mol. The summed E-state index contributed by atoms with van der Waals surface area (Å²) in [5.74, 6) is -1.69. The van der Waals surface area contributed by atoms with Gasteiger partial charge in [-0.1, -0.05) is 32.0 Å². The van der Waals surface area contributed by atoms with Crippen LogP contribution in [-0.2, 0) is 14.3 Å². The largest absolute Gasteiger partial charge is 0.450 e. The molecule has 1 aliphatic heterocycles. The van der Waals surface area contributed by atoms with E-state index in [2.05, 4.69) is 10.6 Å². The highest BCUT2D eigenvalue weighted by Gasteiger charge is 2.35. The summed E-state index contributed by atoms with van der Waals surface area (Å²) >= 11 is 0.715. The molecule has 4 amide bonds. The van der Waals surface area contributed by atoms with Crippen molar-refractivity contribution in [1.29, 1.82) is 0 Å². The quantitative estimate of drug-likeness (QED) is 0.606. The molecule has 0 saturated carbocycles. The lowest BCUT2D eigenvalue weighted by atomic mass is 10.0. The lowest BCUT2D eigenvalue weighted by Gasteiger charge is -2.22. The summed E-state index contributed by atoms with van der Waals surface area (Å²) in [6.07, 6.45) is 0.632. The number of hydrogen-bond acceptors (Lipinski definition) is 6. The number of halogens is 1. The molecule has 8 nitrogen and oxygen atoms in total. The maximum absolute atomic E-state index is 13.8. The second-order valence-corrected chi connectivity index (χ2v) is 7.73. The maximum Gasteiger partial charge on any atom is 0.407 e. The van der Waals surface area contributed by atoms with Gasteiger partial charge in [0.25, 0.3) is 11.1 Å². The fourth-order valence-corrected chi connectivity index (χ4v) is 3.52. The second kappa shape index (κ2) is 10.8. The molecule has 1 fully saturated rings. The Labute approximate surface area is 178 Å². The van der Waals surface area contributed by atoms with Gasteiger partial charge in [-0.05, 0) is 36.7 Å². The number of nitrogens with one attached hydrogen (secondary N) is 2. The first-order valence-electron chi connectivity index (χ1n) is 9.45. The second-order valence-electron chi connectivity index (χ2n) is 6.73. The van der Waals surface area contributed by atoms with Crippen molar-refractivity contribution < 1.29 is 28.3 Å². The van der Waals surface area contributed by atoms with Gasteiger partial charge in [0.2, 0.25) is 5.91 Å². The van der Waals surface area contributed by atoms with Crippen molar-refractivity contribution >= 4 is 41.0 Å². The fraction of sp³-hybridized carbons (Fsp3) is 0.400. The Hall–Kier alpha value is -2.88. The Morgan fingerprint density at radius 1 is 1.27 bits per heavy atom. The van der Waals surface area contributed by atoms with Crippen molar-refractivity contribution in [3.8, 4) is 0 Å². The Bertz CT molecular complexity index is 859. The normalized spacial score (nSPS) is 16.2. The van der Waals surface area contributed by atoms with Crippen LogP contribution in [0.5, 0.6) is 0 Å². The minimum Gasteiger partial charge on any atom is -0.450 e. The summed E-state index contributed by atoms with van der Waals surface area (Å²) in [4.78, 5) is 49.7. The molecule has 1 aliphatic rings. The Kier molecular flexibility index (Phi) is 8.40. The molecule has 0 aliphatic carbocycles. The Morgan fingerprint density at radius 2 is 1.97 bits per heavy atom. The Balaban J connectivity index is 1.94. The highest BCUT2D eigenvalue weighted by molar-refractivity contribution is 8.18. The smallest absolute Gasteiger partial charge is 0.407 e. The van der Waals surface area contributed by atoms with Gasteiger partial charge in [0.15, 0.2) is 0 Å². The molecule has 0 bridgehead atoms. The van der Waals surface area contributed by atoms with Crippen molar-refractivity contribution in [2.45, 2.75) is 26.8 Å². The molecule has 0 radical (unpaired) electrons. The summed E-state index contributed by atoms with van der Waals surface area (Å²) < 4.78 is 18.6. The van der Waals surface area contributed by atoms with Crippen LogP contribution in [0.3, 0.4) is 0 Å². The molecule has 1 heterocycles. The molecule has 2 N–H and O–H groups in total. The SMILES string of the molecule is CCOC(=O)NC(C(=O)NCCN1C(=O)S/C(=C\c2ccccc2F)C1=O)C(C)C. The molecular weight excluding hydrogens is 413 g/mol. The summed E-state index contributed by atoms with van der Waals surface area (Å²) in [6, 6.07) is 5.11. The van der Waals surface area contributed by atoms with Crippen LogP contribution in [0.4, 0.5) is 14.0 Å². The van der Waals surface area contributed by atoms with Crippen LogP contribution in [0.2, 0.25) is 0 Å². The van der Waals surface area contributed by atoms with Crippen LogP contribution >= 0.6 is 11.8 Å². The third-order valence-electron chi connectivity index (χ3n) is 4.20. The number of carbonyl (C=O) groups is 4. The zero-order valence-corrected chi connectivity index (χ0v) is 17.8. The van der Waals surface area contributed by atoms with E-state index in [1.807, 2.05) is 0 Å². The van der Waals surface area contributed by atoms with Crippen LogP contribution < -0.4 is 10.6 Å². The van der Waals surface area contributed by atoms with Gasteiger partial charge in [0.1, 0.15) is 11.9 Å². The molecule has 1 aromatic carbocycles. The average Bonchev–Trinajstić information content (AvgIpc) is 2.95. The maximum atomic E-state index is 13.8. The van der Waals surface area contributed by atoms with E-state index in [0.717, 1.165) is 4.90 Å². The molecular formula is C20H24FN3O5S. The molecule has 1 saturated heterocycles. The summed E-state index contributed by atoms with van der Waals surface area (Å²) in [5, 5.41) is 4.59. The van der Waals surface area contributed by atoms with E-state index in [1.54, 1.807) is 26.8 Å². The van der Waals surface area contributed by atoms with Gasteiger partial charge in [0, 0.05) is 18.7 Å². The molecule has 0 spiro atoms. The highest BCUT2D eigenvalue weighted by Crippen LogP contribution is 2.32. The number of amides is 4. The van der Waals surface area contributed by atoms with Crippen LogP contribution in [-0.4, -0.2) is 53.8 Å². The topological polar surface area (TPSA) is 105 Å². The van der Waals surface area contributed by atoms with E-state index in [0.29, 0.717) is 11.8 Å². The molecule has 10 heteroatoms. The van der Waals surface area contributed by atoms with E-state index >= 15 is 0 Å². The molecule has 162 valence electrons. The van der Waals surface area contributed by atoms with E-state index in [-0.39, 0.29) is 36.1 Å². The molecule has 1 atom stereocenters. The zero-order valence-electron chi connectivity index (χ0n) is 16.9. The average molecular weight is 437 g/mol. The fourth-order valence-electron chi connectivity index (χ4n) is 2.66. The van der Waals surface area contributed by atoms with Crippen molar-refractivity contribution in [3.05, 3.63) is 40.6 Å². The number of benzene rings is 1. The van der Waals surface area contributed by atoms with Gasteiger partial charge in [-0.3, -0.25) is 19.3 Å². The standard InChI is InChI=1S/C20H24FN3O5S/c1-4-29-19(27)23-16(12(2)3)17(25)22-9-10-24-18(26)15(30-20(24)28)11-13-7-5-6-8-14(13)21/h5-8,11-12,16H,4,9-10H2,1-3H3,(H,22,25)(H,23,27)/b15-11-.